The van der Waals surface area contributed by atoms with Crippen LogP contribution in [0.1, 0.15) is 27.5 Å². The van der Waals surface area contributed by atoms with Crippen LogP contribution in [0.4, 0.5) is 5.69 Å². The highest BCUT2D eigenvalue weighted by Gasteiger charge is 2.26. The van der Waals surface area contributed by atoms with Crippen molar-refractivity contribution in [3.05, 3.63) is 102 Å². The number of carbonyl (C=O) groups excluding carboxylic acids is 1. The summed E-state index contributed by atoms with van der Waals surface area (Å²) in [5.74, 6) is 0.480. The molecule has 4 aromatic rings. The zero-order valence-electron chi connectivity index (χ0n) is 17.1. The molecule has 0 radical (unpaired) electrons. The van der Waals surface area contributed by atoms with Gasteiger partial charge in [0.1, 0.15) is 11.8 Å². The van der Waals surface area contributed by atoms with Crippen LogP contribution >= 0.6 is 0 Å². The van der Waals surface area contributed by atoms with Crippen LogP contribution in [0, 0.1) is 0 Å². The fourth-order valence-electron chi connectivity index (χ4n) is 3.52. The van der Waals surface area contributed by atoms with Crippen molar-refractivity contribution in [3.63, 3.8) is 0 Å². The lowest BCUT2D eigenvalue weighted by Gasteiger charge is -2.20. The van der Waals surface area contributed by atoms with Crippen molar-refractivity contribution in [2.24, 2.45) is 0 Å². The number of Topliss-reactive ketones (excluding diaryl/α,β-unsaturated/α-hetero) is 1. The van der Waals surface area contributed by atoms with E-state index in [9.17, 15) is 9.90 Å². The minimum atomic E-state index is -0.653. The Kier molecular flexibility index (Phi) is 6.10. The molecule has 0 aliphatic heterocycles. The van der Waals surface area contributed by atoms with Crippen molar-refractivity contribution in [1.29, 1.82) is 0 Å². The summed E-state index contributed by atoms with van der Waals surface area (Å²) in [5, 5.41) is 20.0. The molecule has 0 amide bonds. The molecule has 4 rings (SSSR count). The number of nitrogens with zero attached hydrogens (tertiary/aromatic N) is 1. The quantitative estimate of drug-likeness (QED) is 0.367. The topological polar surface area (TPSA) is 87.2 Å². The highest BCUT2D eigenvalue weighted by atomic mass is 16.5. The molecule has 0 fully saturated rings. The fourth-order valence-corrected chi connectivity index (χ4v) is 3.52. The molecule has 0 saturated carbocycles. The Labute approximate surface area is 180 Å². The van der Waals surface area contributed by atoms with E-state index in [4.69, 9.17) is 4.74 Å². The standard InChI is InChI=1S/C25H23N3O3/c1-31-21-13-17(16-29)12-20(14-21)27-24(19-10-6-3-7-11-19)25(30)22-15-26-28-23(22)18-8-4-2-5-9-18/h2-15,24,27,29H,16H2,1H3,(H,26,28). The van der Waals surface area contributed by atoms with Crippen molar-refractivity contribution in [1.82, 2.24) is 10.2 Å². The zero-order chi connectivity index (χ0) is 21.6. The van der Waals surface area contributed by atoms with Crippen LogP contribution in [0.5, 0.6) is 5.75 Å². The molecule has 3 N–H and O–H groups in total. The number of ketones is 1. The molecular weight excluding hydrogens is 390 g/mol. The van der Waals surface area contributed by atoms with Crippen LogP contribution in [0.15, 0.2) is 85.1 Å². The van der Waals surface area contributed by atoms with Gasteiger partial charge in [0.2, 0.25) is 0 Å². The van der Waals surface area contributed by atoms with Gasteiger partial charge in [-0.2, -0.15) is 5.10 Å². The SMILES string of the molecule is COc1cc(CO)cc(NC(C(=O)c2cn[nH]c2-c2ccccc2)c2ccccc2)c1. The summed E-state index contributed by atoms with van der Waals surface area (Å²) < 4.78 is 5.34. The molecule has 31 heavy (non-hydrogen) atoms. The third-order valence-corrected chi connectivity index (χ3v) is 5.06. The molecule has 1 heterocycles. The maximum absolute atomic E-state index is 13.7. The normalized spacial score (nSPS) is 11.7. The minimum absolute atomic E-state index is 0.118. The predicted molar refractivity (Wildman–Crippen MR) is 120 cm³/mol. The Bertz CT molecular complexity index is 1130. The number of carbonyl (C=O) groups is 1. The number of rotatable bonds is 8. The zero-order valence-corrected chi connectivity index (χ0v) is 17.1. The van der Waals surface area contributed by atoms with Gasteiger partial charge in [-0.05, 0) is 23.3 Å². The van der Waals surface area contributed by atoms with Gasteiger partial charge >= 0.3 is 0 Å². The van der Waals surface area contributed by atoms with Crippen LogP contribution in [0.3, 0.4) is 0 Å². The maximum atomic E-state index is 13.7. The largest absolute Gasteiger partial charge is 0.497 e. The van der Waals surface area contributed by atoms with Crippen molar-refractivity contribution in [3.8, 4) is 17.0 Å². The Morgan fingerprint density at radius 2 is 1.77 bits per heavy atom. The fraction of sp³-hybridized carbons (Fsp3) is 0.120. The second-order valence-corrected chi connectivity index (χ2v) is 7.10. The van der Waals surface area contributed by atoms with Gasteiger partial charge in [0, 0.05) is 17.3 Å². The molecule has 6 heteroatoms. The van der Waals surface area contributed by atoms with Crippen molar-refractivity contribution < 1.29 is 14.6 Å². The van der Waals surface area contributed by atoms with E-state index >= 15 is 0 Å². The molecular formula is C25H23N3O3. The molecule has 3 aromatic carbocycles. The molecule has 0 bridgehead atoms. The first-order valence-electron chi connectivity index (χ1n) is 9.93. The van der Waals surface area contributed by atoms with E-state index in [0.29, 0.717) is 28.3 Å². The number of aliphatic hydroxyl groups is 1. The molecule has 1 unspecified atom stereocenters. The van der Waals surface area contributed by atoms with Crippen molar-refractivity contribution in [2.75, 3.05) is 12.4 Å². The van der Waals surface area contributed by atoms with Gasteiger partial charge in [0.05, 0.1) is 31.2 Å². The number of nitrogens with one attached hydrogen (secondary N) is 2. The molecule has 0 spiro atoms. The van der Waals surface area contributed by atoms with E-state index in [-0.39, 0.29) is 12.4 Å². The Balaban J connectivity index is 1.74. The number of ether oxygens (including phenoxy) is 1. The number of aromatic amines is 1. The first kappa shape index (κ1) is 20.4. The third-order valence-electron chi connectivity index (χ3n) is 5.06. The van der Waals surface area contributed by atoms with Crippen LogP contribution in [0.25, 0.3) is 11.3 Å². The lowest BCUT2D eigenvalue weighted by molar-refractivity contribution is 0.0970. The lowest BCUT2D eigenvalue weighted by Crippen LogP contribution is -2.21. The summed E-state index contributed by atoms with van der Waals surface area (Å²) in [4.78, 5) is 13.7. The van der Waals surface area contributed by atoms with Crippen molar-refractivity contribution in [2.45, 2.75) is 12.6 Å². The second kappa shape index (κ2) is 9.28. The highest BCUT2D eigenvalue weighted by Crippen LogP contribution is 2.30. The molecule has 156 valence electrons. The Hall–Kier alpha value is -3.90. The monoisotopic (exact) mass is 413 g/mol. The number of aliphatic hydroxyl groups excluding tert-OH is 1. The molecule has 0 saturated heterocycles. The Morgan fingerprint density at radius 3 is 2.45 bits per heavy atom. The molecule has 0 aliphatic carbocycles. The summed E-state index contributed by atoms with van der Waals surface area (Å²) in [6, 6.07) is 23.9. The number of aromatic nitrogens is 2. The summed E-state index contributed by atoms with van der Waals surface area (Å²) in [5.41, 5.74) is 4.25. The summed E-state index contributed by atoms with van der Waals surface area (Å²) in [6.07, 6.45) is 1.56. The van der Waals surface area contributed by atoms with Gasteiger partial charge in [-0.1, -0.05) is 60.7 Å². The van der Waals surface area contributed by atoms with Crippen LogP contribution in [-0.2, 0) is 6.61 Å². The lowest BCUT2D eigenvalue weighted by atomic mass is 9.95. The van der Waals surface area contributed by atoms with Gasteiger partial charge in [0.15, 0.2) is 5.78 Å². The number of methoxy groups -OCH3 is 1. The number of hydrogen-bond donors (Lipinski definition) is 3. The first-order valence-corrected chi connectivity index (χ1v) is 9.93. The van der Waals surface area contributed by atoms with E-state index in [1.54, 1.807) is 31.5 Å². The van der Waals surface area contributed by atoms with Gasteiger partial charge in [-0.25, -0.2) is 0 Å². The van der Waals surface area contributed by atoms with E-state index in [2.05, 4.69) is 15.5 Å². The van der Waals surface area contributed by atoms with Gasteiger partial charge < -0.3 is 15.2 Å². The van der Waals surface area contributed by atoms with Crippen LogP contribution in [-0.4, -0.2) is 28.2 Å². The first-order chi connectivity index (χ1) is 15.2. The number of hydrogen-bond acceptors (Lipinski definition) is 5. The van der Waals surface area contributed by atoms with E-state index in [1.807, 2.05) is 60.7 Å². The summed E-state index contributed by atoms with van der Waals surface area (Å²) >= 11 is 0. The Morgan fingerprint density at radius 1 is 1.06 bits per heavy atom. The predicted octanol–water partition coefficient (Wildman–Crippen LogP) is 4.61. The second-order valence-electron chi connectivity index (χ2n) is 7.10. The van der Waals surface area contributed by atoms with Crippen LogP contribution < -0.4 is 10.1 Å². The van der Waals surface area contributed by atoms with Gasteiger partial charge in [-0.3, -0.25) is 9.89 Å². The number of H-pyrrole nitrogens is 1. The average molecular weight is 413 g/mol. The van der Waals surface area contributed by atoms with E-state index in [0.717, 1.165) is 11.1 Å². The molecule has 6 nitrogen and oxygen atoms in total. The maximum Gasteiger partial charge on any atom is 0.193 e. The number of benzene rings is 3. The minimum Gasteiger partial charge on any atom is -0.497 e. The van der Waals surface area contributed by atoms with Crippen LogP contribution in [0.2, 0.25) is 0 Å². The van der Waals surface area contributed by atoms with Gasteiger partial charge in [-0.15, -0.1) is 0 Å². The van der Waals surface area contributed by atoms with E-state index in [1.165, 1.54) is 0 Å². The number of anilines is 1. The smallest absolute Gasteiger partial charge is 0.193 e. The summed E-state index contributed by atoms with van der Waals surface area (Å²) in [6.45, 7) is -0.129. The highest BCUT2D eigenvalue weighted by molar-refractivity contribution is 6.06. The average Bonchev–Trinajstić information content (AvgIpc) is 3.33. The van der Waals surface area contributed by atoms with Crippen molar-refractivity contribution >= 4 is 11.5 Å². The van der Waals surface area contributed by atoms with Gasteiger partial charge in [0.25, 0.3) is 0 Å². The third kappa shape index (κ3) is 4.49. The molecule has 0 aliphatic rings. The molecule has 1 atom stereocenters. The molecule has 1 aromatic heterocycles. The summed E-state index contributed by atoms with van der Waals surface area (Å²) in [7, 11) is 1.57. The van der Waals surface area contributed by atoms with E-state index < -0.39 is 6.04 Å².